The van der Waals surface area contributed by atoms with E-state index in [2.05, 4.69) is 27.2 Å². The van der Waals surface area contributed by atoms with Gasteiger partial charge in [0.2, 0.25) is 0 Å². The molecule has 0 aromatic carbocycles. The van der Waals surface area contributed by atoms with Crippen LogP contribution < -0.4 is 5.32 Å². The van der Waals surface area contributed by atoms with Gasteiger partial charge in [0, 0.05) is 32.1 Å². The van der Waals surface area contributed by atoms with Crippen molar-refractivity contribution in [3.05, 3.63) is 17.7 Å². The number of nitrogens with one attached hydrogen (secondary N) is 2. The standard InChI is InChI=1S/C16H26N4/c1-20(8-13-5-11-2-3-12(13)4-11)9-14-6-15-16(7-17-14)19-10-18-15/h10-14,17H,2-9H2,1H3,(H,18,19). The van der Waals surface area contributed by atoms with Crippen LogP contribution in [0.1, 0.15) is 37.1 Å². The molecule has 2 bridgehead atoms. The summed E-state index contributed by atoms with van der Waals surface area (Å²) in [5.74, 6) is 3.08. The highest BCUT2D eigenvalue weighted by Gasteiger charge is 2.39. The quantitative estimate of drug-likeness (QED) is 0.880. The summed E-state index contributed by atoms with van der Waals surface area (Å²) in [5, 5.41) is 3.64. The van der Waals surface area contributed by atoms with Crippen molar-refractivity contribution in [1.29, 1.82) is 0 Å². The van der Waals surface area contributed by atoms with E-state index in [0.717, 1.165) is 37.3 Å². The summed E-state index contributed by atoms with van der Waals surface area (Å²) in [7, 11) is 2.30. The van der Waals surface area contributed by atoms with Crippen LogP contribution >= 0.6 is 0 Å². The number of hydrogen-bond acceptors (Lipinski definition) is 3. The van der Waals surface area contributed by atoms with E-state index >= 15 is 0 Å². The van der Waals surface area contributed by atoms with Gasteiger partial charge in [-0.05, 0) is 44.1 Å². The van der Waals surface area contributed by atoms with E-state index in [9.17, 15) is 0 Å². The van der Waals surface area contributed by atoms with Gasteiger partial charge in [0.15, 0.2) is 0 Å². The Bertz CT molecular complexity index is 469. The minimum Gasteiger partial charge on any atom is -0.347 e. The Morgan fingerprint density at radius 1 is 1.30 bits per heavy atom. The Labute approximate surface area is 121 Å². The smallest absolute Gasteiger partial charge is 0.0925 e. The highest BCUT2D eigenvalue weighted by atomic mass is 15.1. The lowest BCUT2D eigenvalue weighted by Gasteiger charge is -2.31. The number of rotatable bonds is 4. The van der Waals surface area contributed by atoms with E-state index in [1.165, 1.54) is 43.6 Å². The highest BCUT2D eigenvalue weighted by Crippen LogP contribution is 2.48. The fourth-order valence-corrected chi connectivity index (χ4v) is 4.81. The lowest BCUT2D eigenvalue weighted by molar-refractivity contribution is 0.201. The lowest BCUT2D eigenvalue weighted by Crippen LogP contribution is -2.45. The third-order valence-corrected chi connectivity index (χ3v) is 5.78. The Morgan fingerprint density at radius 3 is 3.05 bits per heavy atom. The van der Waals surface area contributed by atoms with E-state index in [0.29, 0.717) is 6.04 Å². The molecule has 20 heavy (non-hydrogen) atoms. The largest absolute Gasteiger partial charge is 0.347 e. The van der Waals surface area contributed by atoms with Gasteiger partial charge in [-0.1, -0.05) is 6.42 Å². The summed E-state index contributed by atoms with van der Waals surface area (Å²) >= 11 is 0. The second-order valence-electron chi connectivity index (χ2n) is 7.27. The first-order chi connectivity index (χ1) is 9.78. The molecule has 4 heteroatoms. The first-order valence-electron chi connectivity index (χ1n) is 8.21. The summed E-state index contributed by atoms with van der Waals surface area (Å²) in [5.41, 5.74) is 2.54. The van der Waals surface area contributed by atoms with Gasteiger partial charge in [-0.3, -0.25) is 0 Å². The van der Waals surface area contributed by atoms with Crippen molar-refractivity contribution < 1.29 is 0 Å². The number of hydrogen-bond donors (Lipinski definition) is 2. The molecular weight excluding hydrogens is 248 g/mol. The second-order valence-corrected chi connectivity index (χ2v) is 7.27. The van der Waals surface area contributed by atoms with Gasteiger partial charge < -0.3 is 15.2 Å². The molecule has 4 nitrogen and oxygen atoms in total. The van der Waals surface area contributed by atoms with E-state index in [1.807, 2.05) is 6.33 Å². The number of aromatic amines is 1. The number of nitrogens with zero attached hydrogens (tertiary/aromatic N) is 2. The van der Waals surface area contributed by atoms with Crippen molar-refractivity contribution in [3.8, 4) is 0 Å². The van der Waals surface area contributed by atoms with E-state index in [4.69, 9.17) is 0 Å². The molecule has 2 saturated carbocycles. The zero-order valence-electron chi connectivity index (χ0n) is 12.4. The Morgan fingerprint density at radius 2 is 2.25 bits per heavy atom. The maximum atomic E-state index is 4.43. The maximum absolute atomic E-state index is 4.43. The van der Waals surface area contributed by atoms with Crippen LogP contribution in [0.4, 0.5) is 0 Å². The Balaban J connectivity index is 1.29. The molecule has 0 spiro atoms. The average Bonchev–Trinajstić information content (AvgIpc) is 3.13. The molecule has 2 fully saturated rings. The number of H-pyrrole nitrogens is 1. The van der Waals surface area contributed by atoms with Gasteiger partial charge in [-0.25, -0.2) is 4.98 Å². The van der Waals surface area contributed by atoms with Crippen LogP contribution in [-0.4, -0.2) is 41.0 Å². The topological polar surface area (TPSA) is 44.0 Å². The Hall–Kier alpha value is -0.870. The van der Waals surface area contributed by atoms with Crippen LogP contribution in [0.15, 0.2) is 6.33 Å². The van der Waals surface area contributed by atoms with Crippen LogP contribution in [0, 0.1) is 17.8 Å². The summed E-state index contributed by atoms with van der Waals surface area (Å²) in [6.45, 7) is 3.40. The summed E-state index contributed by atoms with van der Waals surface area (Å²) in [6, 6.07) is 0.564. The molecule has 1 aromatic heterocycles. The van der Waals surface area contributed by atoms with Crippen LogP contribution in [-0.2, 0) is 13.0 Å². The molecule has 0 radical (unpaired) electrons. The molecule has 0 amide bonds. The molecular formula is C16H26N4. The van der Waals surface area contributed by atoms with Crippen LogP contribution in [0.25, 0.3) is 0 Å². The monoisotopic (exact) mass is 274 g/mol. The van der Waals surface area contributed by atoms with Gasteiger partial charge in [-0.2, -0.15) is 0 Å². The average molecular weight is 274 g/mol. The molecule has 4 atom stereocenters. The van der Waals surface area contributed by atoms with Gasteiger partial charge >= 0.3 is 0 Å². The van der Waals surface area contributed by atoms with E-state index in [1.54, 1.807) is 0 Å². The first-order valence-corrected chi connectivity index (χ1v) is 8.21. The van der Waals surface area contributed by atoms with Gasteiger partial charge in [-0.15, -0.1) is 0 Å². The normalized spacial score (nSPS) is 35.7. The number of likely N-dealkylation sites (N-methyl/N-ethyl adjacent to an activating group) is 1. The number of aromatic nitrogens is 2. The lowest BCUT2D eigenvalue weighted by atomic mass is 9.88. The van der Waals surface area contributed by atoms with Crippen molar-refractivity contribution in [2.45, 2.75) is 44.7 Å². The predicted molar refractivity (Wildman–Crippen MR) is 79.4 cm³/mol. The molecule has 3 aliphatic rings. The second kappa shape index (κ2) is 5.15. The highest BCUT2D eigenvalue weighted by molar-refractivity contribution is 5.16. The van der Waals surface area contributed by atoms with E-state index < -0.39 is 0 Å². The van der Waals surface area contributed by atoms with Crippen molar-refractivity contribution in [2.24, 2.45) is 17.8 Å². The fraction of sp³-hybridized carbons (Fsp3) is 0.812. The molecule has 4 rings (SSSR count). The molecule has 4 unspecified atom stereocenters. The Kier molecular flexibility index (Phi) is 3.31. The van der Waals surface area contributed by atoms with Crippen LogP contribution in [0.3, 0.4) is 0 Å². The maximum Gasteiger partial charge on any atom is 0.0925 e. The molecule has 1 aromatic rings. The first kappa shape index (κ1) is 12.8. The van der Waals surface area contributed by atoms with E-state index in [-0.39, 0.29) is 0 Å². The molecule has 2 aliphatic carbocycles. The number of fused-ring (bicyclic) bond motifs is 3. The molecule has 2 N–H and O–H groups in total. The molecule has 1 aliphatic heterocycles. The molecule has 110 valence electrons. The number of imidazole rings is 1. The van der Waals surface area contributed by atoms with Crippen LogP contribution in [0.5, 0.6) is 0 Å². The van der Waals surface area contributed by atoms with Crippen LogP contribution in [0.2, 0.25) is 0 Å². The third kappa shape index (κ3) is 2.40. The van der Waals surface area contributed by atoms with Crippen molar-refractivity contribution >= 4 is 0 Å². The minimum atomic E-state index is 0.564. The van der Waals surface area contributed by atoms with Crippen molar-refractivity contribution in [3.63, 3.8) is 0 Å². The minimum absolute atomic E-state index is 0.564. The summed E-state index contributed by atoms with van der Waals surface area (Å²) in [6.07, 6.45) is 8.93. The van der Waals surface area contributed by atoms with Gasteiger partial charge in [0.25, 0.3) is 0 Å². The predicted octanol–water partition coefficient (Wildman–Crippen LogP) is 1.79. The molecule has 0 saturated heterocycles. The zero-order valence-corrected chi connectivity index (χ0v) is 12.4. The summed E-state index contributed by atoms with van der Waals surface area (Å²) < 4.78 is 0. The van der Waals surface area contributed by atoms with Crippen molar-refractivity contribution in [2.75, 3.05) is 20.1 Å². The SMILES string of the molecule is CN(CC1Cc2nc[nH]c2CN1)CC1CC2CCC1C2. The van der Waals surface area contributed by atoms with Crippen molar-refractivity contribution in [1.82, 2.24) is 20.2 Å². The fourth-order valence-electron chi connectivity index (χ4n) is 4.81. The summed E-state index contributed by atoms with van der Waals surface area (Å²) in [4.78, 5) is 10.2. The molecule has 2 heterocycles. The van der Waals surface area contributed by atoms with Gasteiger partial charge in [0.05, 0.1) is 17.7 Å². The van der Waals surface area contributed by atoms with Gasteiger partial charge in [0.1, 0.15) is 0 Å². The third-order valence-electron chi connectivity index (χ3n) is 5.78. The zero-order chi connectivity index (χ0) is 13.5.